The average Bonchev–Trinajstić information content (AvgIpc) is 2.20. The van der Waals surface area contributed by atoms with Crippen LogP contribution in [-0.4, -0.2) is 4.98 Å². The van der Waals surface area contributed by atoms with Gasteiger partial charge in [-0.15, -0.1) is 0 Å². The Labute approximate surface area is 92.4 Å². The van der Waals surface area contributed by atoms with Crippen LogP contribution in [0.25, 0.3) is 0 Å². The van der Waals surface area contributed by atoms with E-state index in [-0.39, 0.29) is 0 Å². The highest BCUT2D eigenvalue weighted by Gasteiger charge is 2.11. The van der Waals surface area contributed by atoms with Crippen molar-refractivity contribution in [3.05, 3.63) is 35.8 Å². The van der Waals surface area contributed by atoms with E-state index in [2.05, 4.69) is 44.6 Å². The zero-order chi connectivity index (χ0) is 11.4. The van der Waals surface area contributed by atoms with E-state index in [0.29, 0.717) is 5.92 Å². The van der Waals surface area contributed by atoms with Gasteiger partial charge in [-0.2, -0.15) is 0 Å². The summed E-state index contributed by atoms with van der Waals surface area (Å²) in [5.41, 5.74) is 4.82. The van der Waals surface area contributed by atoms with E-state index in [0.717, 1.165) is 17.8 Å². The summed E-state index contributed by atoms with van der Waals surface area (Å²) in [6.45, 7) is 12.3. The molecule has 0 radical (unpaired) electrons. The number of aryl methyl sites for hydroxylation is 1. The van der Waals surface area contributed by atoms with Crippen molar-refractivity contribution in [1.29, 1.82) is 0 Å². The van der Waals surface area contributed by atoms with Crippen LogP contribution in [0.1, 0.15) is 43.5 Å². The standard InChI is InChI=1S/C13H20N2/c1-6-12-13(14-7-2)10(5)11(8-15-12)9(3)4/h7-9,14H,2,6H2,1,3-5H3. The number of hydrogen-bond donors (Lipinski definition) is 1. The Hall–Kier alpha value is -1.31. The van der Waals surface area contributed by atoms with Crippen LogP contribution >= 0.6 is 0 Å². The number of aromatic nitrogens is 1. The van der Waals surface area contributed by atoms with E-state index >= 15 is 0 Å². The maximum absolute atomic E-state index is 4.49. The molecule has 1 aromatic rings. The highest BCUT2D eigenvalue weighted by molar-refractivity contribution is 5.59. The fourth-order valence-electron chi connectivity index (χ4n) is 1.81. The van der Waals surface area contributed by atoms with Gasteiger partial charge in [0.25, 0.3) is 0 Å². The van der Waals surface area contributed by atoms with Crippen LogP contribution in [0.5, 0.6) is 0 Å². The van der Waals surface area contributed by atoms with Gasteiger partial charge in [0.05, 0.1) is 11.4 Å². The maximum Gasteiger partial charge on any atom is 0.0638 e. The zero-order valence-corrected chi connectivity index (χ0v) is 10.1. The van der Waals surface area contributed by atoms with Crippen molar-refractivity contribution in [1.82, 2.24) is 4.98 Å². The molecule has 1 rings (SSSR count). The van der Waals surface area contributed by atoms with E-state index in [1.54, 1.807) is 6.20 Å². The van der Waals surface area contributed by atoms with Crippen LogP contribution in [0.15, 0.2) is 19.0 Å². The number of nitrogens with one attached hydrogen (secondary N) is 1. The highest BCUT2D eigenvalue weighted by Crippen LogP contribution is 2.27. The summed E-state index contributed by atoms with van der Waals surface area (Å²) in [6.07, 6.45) is 4.65. The second-order valence-corrected chi connectivity index (χ2v) is 4.02. The van der Waals surface area contributed by atoms with Gasteiger partial charge in [0.1, 0.15) is 0 Å². The van der Waals surface area contributed by atoms with Crippen LogP contribution in [0.2, 0.25) is 0 Å². The van der Waals surface area contributed by atoms with Crippen LogP contribution in [0.3, 0.4) is 0 Å². The van der Waals surface area contributed by atoms with E-state index < -0.39 is 0 Å². The first kappa shape index (κ1) is 11.8. The molecule has 0 spiro atoms. The molecule has 0 fully saturated rings. The molecule has 0 aliphatic heterocycles. The summed E-state index contributed by atoms with van der Waals surface area (Å²) in [5, 5.41) is 3.19. The van der Waals surface area contributed by atoms with Crippen molar-refractivity contribution in [2.45, 2.75) is 40.0 Å². The first-order valence-electron chi connectivity index (χ1n) is 5.47. The van der Waals surface area contributed by atoms with Gasteiger partial charge in [0, 0.05) is 6.20 Å². The molecule has 0 amide bonds. The smallest absolute Gasteiger partial charge is 0.0638 e. The van der Waals surface area contributed by atoms with E-state index in [1.165, 1.54) is 11.1 Å². The molecular weight excluding hydrogens is 184 g/mol. The molecule has 2 nitrogen and oxygen atoms in total. The lowest BCUT2D eigenvalue weighted by atomic mass is 9.97. The van der Waals surface area contributed by atoms with E-state index in [1.807, 2.05) is 6.20 Å². The van der Waals surface area contributed by atoms with Crippen molar-refractivity contribution >= 4 is 5.69 Å². The maximum atomic E-state index is 4.49. The summed E-state index contributed by atoms with van der Waals surface area (Å²) in [7, 11) is 0. The van der Waals surface area contributed by atoms with Crippen LogP contribution in [-0.2, 0) is 6.42 Å². The summed E-state index contributed by atoms with van der Waals surface area (Å²) in [6, 6.07) is 0. The molecule has 0 atom stereocenters. The van der Waals surface area contributed by atoms with Gasteiger partial charge in [-0.25, -0.2) is 0 Å². The molecule has 15 heavy (non-hydrogen) atoms. The van der Waals surface area contributed by atoms with Crippen molar-refractivity contribution in [3.63, 3.8) is 0 Å². The Morgan fingerprint density at radius 1 is 1.53 bits per heavy atom. The molecule has 0 unspecified atom stereocenters. The van der Waals surface area contributed by atoms with Crippen molar-refractivity contribution in [2.24, 2.45) is 0 Å². The number of hydrogen-bond acceptors (Lipinski definition) is 2. The predicted octanol–water partition coefficient (Wildman–Crippen LogP) is 3.63. The normalized spacial score (nSPS) is 10.5. The van der Waals surface area contributed by atoms with Crippen molar-refractivity contribution in [3.8, 4) is 0 Å². The minimum atomic E-state index is 0.508. The molecule has 1 N–H and O–H groups in total. The number of anilines is 1. The van der Waals surface area contributed by atoms with Gasteiger partial charge >= 0.3 is 0 Å². The minimum absolute atomic E-state index is 0.508. The molecule has 1 heterocycles. The third kappa shape index (κ3) is 2.38. The van der Waals surface area contributed by atoms with Gasteiger partial charge in [0.2, 0.25) is 0 Å². The third-order valence-corrected chi connectivity index (χ3v) is 2.66. The minimum Gasteiger partial charge on any atom is -0.361 e. The summed E-state index contributed by atoms with van der Waals surface area (Å²) in [5.74, 6) is 0.508. The van der Waals surface area contributed by atoms with E-state index in [9.17, 15) is 0 Å². The van der Waals surface area contributed by atoms with Gasteiger partial charge in [-0.3, -0.25) is 4.98 Å². The zero-order valence-electron chi connectivity index (χ0n) is 10.1. The highest BCUT2D eigenvalue weighted by atomic mass is 14.9. The molecule has 0 saturated heterocycles. The fraction of sp³-hybridized carbons (Fsp3) is 0.462. The second-order valence-electron chi connectivity index (χ2n) is 4.02. The monoisotopic (exact) mass is 204 g/mol. The molecule has 1 aromatic heterocycles. The Kier molecular flexibility index (Phi) is 3.89. The lowest BCUT2D eigenvalue weighted by Crippen LogP contribution is -2.04. The first-order chi connectivity index (χ1) is 7.11. The molecular formula is C13H20N2. The van der Waals surface area contributed by atoms with Gasteiger partial charge in [0.15, 0.2) is 0 Å². The van der Waals surface area contributed by atoms with Gasteiger partial charge < -0.3 is 5.32 Å². The number of pyridine rings is 1. The summed E-state index contributed by atoms with van der Waals surface area (Å²) >= 11 is 0. The Bertz CT molecular complexity index is 354. The first-order valence-corrected chi connectivity index (χ1v) is 5.47. The van der Waals surface area contributed by atoms with Crippen LogP contribution in [0, 0.1) is 6.92 Å². The molecule has 0 aliphatic rings. The largest absolute Gasteiger partial charge is 0.361 e. The Balaban J connectivity index is 3.28. The molecule has 0 saturated carbocycles. The molecule has 0 bridgehead atoms. The van der Waals surface area contributed by atoms with E-state index in [4.69, 9.17) is 0 Å². The fourth-order valence-corrected chi connectivity index (χ4v) is 1.81. The molecule has 0 aliphatic carbocycles. The summed E-state index contributed by atoms with van der Waals surface area (Å²) in [4.78, 5) is 4.49. The topological polar surface area (TPSA) is 24.9 Å². The second kappa shape index (κ2) is 4.96. The Morgan fingerprint density at radius 2 is 2.20 bits per heavy atom. The lowest BCUT2D eigenvalue weighted by molar-refractivity contribution is 0.841. The predicted molar refractivity (Wildman–Crippen MR) is 66.3 cm³/mol. The number of nitrogens with zero attached hydrogens (tertiary/aromatic N) is 1. The van der Waals surface area contributed by atoms with Crippen LogP contribution in [0.4, 0.5) is 5.69 Å². The van der Waals surface area contributed by atoms with Crippen molar-refractivity contribution < 1.29 is 0 Å². The Morgan fingerprint density at radius 3 is 2.67 bits per heavy atom. The average molecular weight is 204 g/mol. The third-order valence-electron chi connectivity index (χ3n) is 2.66. The van der Waals surface area contributed by atoms with Gasteiger partial charge in [-0.1, -0.05) is 27.4 Å². The molecule has 82 valence electrons. The number of rotatable bonds is 4. The van der Waals surface area contributed by atoms with Crippen LogP contribution < -0.4 is 5.32 Å². The van der Waals surface area contributed by atoms with Crippen molar-refractivity contribution in [2.75, 3.05) is 5.32 Å². The SMILES string of the molecule is C=CNc1c(CC)ncc(C(C)C)c1C. The lowest BCUT2D eigenvalue weighted by Gasteiger charge is -2.16. The molecule has 0 aromatic carbocycles. The summed E-state index contributed by atoms with van der Waals surface area (Å²) < 4.78 is 0. The quantitative estimate of drug-likeness (QED) is 0.810. The van der Waals surface area contributed by atoms with Gasteiger partial charge in [-0.05, 0) is 36.6 Å². The molecule has 2 heteroatoms.